The average molecular weight is 522 g/mol. The first-order valence-corrected chi connectivity index (χ1v) is 12.1. The van der Waals surface area contributed by atoms with Crippen molar-refractivity contribution in [1.82, 2.24) is 4.90 Å². The molecule has 0 spiro atoms. The number of hydrogen-bond donors (Lipinski definition) is 1. The van der Waals surface area contributed by atoms with Gasteiger partial charge in [0.05, 0.1) is 18.7 Å². The maximum Gasteiger partial charge on any atom is 0.332 e. The Bertz CT molecular complexity index is 1330. The largest absolute Gasteiger partial charge is 0.494 e. The van der Waals surface area contributed by atoms with Gasteiger partial charge in [-0.2, -0.15) is 0 Å². The third-order valence-corrected chi connectivity index (χ3v) is 6.27. The lowest BCUT2D eigenvalue weighted by atomic mass is 10.1. The number of fused-ring (bicyclic) bond motifs is 1. The maximum atomic E-state index is 13.5. The van der Waals surface area contributed by atoms with E-state index < -0.39 is 23.9 Å². The van der Waals surface area contributed by atoms with Crippen molar-refractivity contribution in [3.8, 4) is 17.2 Å². The molecule has 3 aromatic rings. The lowest BCUT2D eigenvalue weighted by Crippen LogP contribution is -2.37. The van der Waals surface area contributed by atoms with E-state index in [1.807, 2.05) is 6.92 Å². The van der Waals surface area contributed by atoms with Gasteiger partial charge >= 0.3 is 6.03 Å². The Morgan fingerprint density at radius 1 is 1.03 bits per heavy atom. The summed E-state index contributed by atoms with van der Waals surface area (Å²) in [6.45, 7) is 2.65. The molecule has 10 heteroatoms. The van der Waals surface area contributed by atoms with Gasteiger partial charge in [-0.1, -0.05) is 17.7 Å². The standard InChI is InChI=1S/C27H24ClN3O6/c1-2-35-21-10-6-19(7-11-21)29-25(32)14-22-26(33)31(20-8-4-18(28)5-9-20)27(34)30(22)15-17-3-12-23-24(13-17)37-16-36-23/h3-13,22H,2,14-16H2,1H3,(H,29,32)/t22-/m1/s1. The zero-order valence-electron chi connectivity index (χ0n) is 20.0. The lowest BCUT2D eigenvalue weighted by molar-refractivity contribution is -0.124. The molecule has 190 valence electrons. The van der Waals surface area contributed by atoms with Crippen LogP contribution in [0.25, 0.3) is 0 Å². The second-order valence-corrected chi connectivity index (χ2v) is 8.91. The molecule has 1 N–H and O–H groups in total. The number of imide groups is 1. The first-order chi connectivity index (χ1) is 17.9. The predicted molar refractivity (Wildman–Crippen MR) is 137 cm³/mol. The van der Waals surface area contributed by atoms with Crippen LogP contribution in [0.15, 0.2) is 66.7 Å². The van der Waals surface area contributed by atoms with Crippen molar-refractivity contribution in [3.63, 3.8) is 0 Å². The van der Waals surface area contributed by atoms with Crippen LogP contribution in [-0.2, 0) is 16.1 Å². The molecule has 5 rings (SSSR count). The Kier molecular flexibility index (Phi) is 6.87. The summed E-state index contributed by atoms with van der Waals surface area (Å²) in [6, 6.07) is 17.1. The summed E-state index contributed by atoms with van der Waals surface area (Å²) in [5, 5.41) is 3.27. The molecular weight excluding hydrogens is 498 g/mol. The molecule has 1 saturated heterocycles. The molecule has 0 aliphatic carbocycles. The molecule has 3 aromatic carbocycles. The molecule has 0 bridgehead atoms. The van der Waals surface area contributed by atoms with Crippen LogP contribution in [0.3, 0.4) is 0 Å². The van der Waals surface area contributed by atoms with Crippen molar-refractivity contribution >= 4 is 40.8 Å². The topological polar surface area (TPSA) is 97.4 Å². The third kappa shape index (κ3) is 5.17. The number of nitrogens with zero attached hydrogens (tertiary/aromatic N) is 2. The maximum absolute atomic E-state index is 13.5. The van der Waals surface area contributed by atoms with Crippen LogP contribution < -0.4 is 24.4 Å². The van der Waals surface area contributed by atoms with Crippen LogP contribution in [0.5, 0.6) is 17.2 Å². The number of halogens is 1. The average Bonchev–Trinajstić information content (AvgIpc) is 3.44. The Labute approximate surface area is 218 Å². The monoisotopic (exact) mass is 521 g/mol. The number of rotatable bonds is 8. The molecular formula is C27H24ClN3O6. The molecule has 0 aromatic heterocycles. The summed E-state index contributed by atoms with van der Waals surface area (Å²) in [6.07, 6.45) is -0.216. The van der Waals surface area contributed by atoms with Gasteiger partial charge in [0.1, 0.15) is 11.8 Å². The summed E-state index contributed by atoms with van der Waals surface area (Å²) in [4.78, 5) is 42.4. The van der Waals surface area contributed by atoms with Gasteiger partial charge in [0.25, 0.3) is 5.91 Å². The van der Waals surface area contributed by atoms with E-state index in [4.69, 9.17) is 25.8 Å². The molecule has 2 aliphatic heterocycles. The van der Waals surface area contributed by atoms with Gasteiger partial charge in [-0.25, -0.2) is 9.69 Å². The minimum absolute atomic E-state index is 0.103. The van der Waals surface area contributed by atoms with Gasteiger partial charge in [0.2, 0.25) is 12.7 Å². The molecule has 9 nitrogen and oxygen atoms in total. The predicted octanol–water partition coefficient (Wildman–Crippen LogP) is 4.83. The number of urea groups is 1. The molecule has 0 unspecified atom stereocenters. The fourth-order valence-corrected chi connectivity index (χ4v) is 4.39. The highest BCUT2D eigenvalue weighted by Gasteiger charge is 2.46. The van der Waals surface area contributed by atoms with Crippen molar-refractivity contribution in [2.45, 2.75) is 25.9 Å². The number of nitrogens with one attached hydrogen (secondary N) is 1. The number of anilines is 2. The van der Waals surface area contributed by atoms with E-state index in [0.717, 1.165) is 10.5 Å². The first-order valence-electron chi connectivity index (χ1n) is 11.7. The van der Waals surface area contributed by atoms with E-state index in [0.29, 0.717) is 40.3 Å². The van der Waals surface area contributed by atoms with Crippen molar-refractivity contribution in [3.05, 3.63) is 77.3 Å². The minimum atomic E-state index is -1.00. The second-order valence-electron chi connectivity index (χ2n) is 8.47. The van der Waals surface area contributed by atoms with Crippen molar-refractivity contribution in [2.75, 3.05) is 23.6 Å². The Balaban J connectivity index is 1.38. The van der Waals surface area contributed by atoms with Gasteiger partial charge in [-0.15, -0.1) is 0 Å². The Morgan fingerprint density at radius 3 is 2.49 bits per heavy atom. The van der Waals surface area contributed by atoms with E-state index >= 15 is 0 Å². The van der Waals surface area contributed by atoms with Gasteiger partial charge in [-0.3, -0.25) is 9.59 Å². The van der Waals surface area contributed by atoms with E-state index in [1.165, 1.54) is 4.90 Å². The van der Waals surface area contributed by atoms with Crippen LogP contribution >= 0.6 is 11.6 Å². The zero-order chi connectivity index (χ0) is 25.9. The highest BCUT2D eigenvalue weighted by Crippen LogP contribution is 2.35. The van der Waals surface area contributed by atoms with Crippen LogP contribution in [0, 0.1) is 0 Å². The number of hydrogen-bond acceptors (Lipinski definition) is 6. The lowest BCUT2D eigenvalue weighted by Gasteiger charge is -2.22. The van der Waals surface area contributed by atoms with Gasteiger partial charge in [0, 0.05) is 17.3 Å². The van der Waals surface area contributed by atoms with Crippen LogP contribution in [-0.4, -0.2) is 42.2 Å². The first kappa shape index (κ1) is 24.5. The van der Waals surface area contributed by atoms with Gasteiger partial charge in [0.15, 0.2) is 11.5 Å². The van der Waals surface area contributed by atoms with E-state index in [-0.39, 0.29) is 19.8 Å². The highest BCUT2D eigenvalue weighted by molar-refractivity contribution is 6.30. The SMILES string of the molecule is CCOc1ccc(NC(=O)C[C@@H]2C(=O)N(c3ccc(Cl)cc3)C(=O)N2Cc2ccc3c(c2)OCO3)cc1. The van der Waals surface area contributed by atoms with E-state index in [2.05, 4.69) is 5.32 Å². The summed E-state index contributed by atoms with van der Waals surface area (Å²) in [5.74, 6) is 0.973. The summed E-state index contributed by atoms with van der Waals surface area (Å²) in [5.41, 5.74) is 1.67. The summed E-state index contributed by atoms with van der Waals surface area (Å²) >= 11 is 5.99. The number of carbonyl (C=O) groups is 3. The van der Waals surface area contributed by atoms with E-state index in [1.54, 1.807) is 66.7 Å². The van der Waals surface area contributed by atoms with Gasteiger partial charge in [-0.05, 0) is 73.2 Å². The zero-order valence-corrected chi connectivity index (χ0v) is 20.7. The molecule has 2 heterocycles. The molecule has 4 amide bonds. The van der Waals surface area contributed by atoms with Crippen LogP contribution in [0.2, 0.25) is 5.02 Å². The van der Waals surface area contributed by atoms with E-state index in [9.17, 15) is 14.4 Å². The van der Waals surface area contributed by atoms with Crippen molar-refractivity contribution in [2.24, 2.45) is 0 Å². The molecule has 0 radical (unpaired) electrons. The summed E-state index contributed by atoms with van der Waals surface area (Å²) in [7, 11) is 0. The molecule has 1 fully saturated rings. The second kappa shape index (κ2) is 10.4. The van der Waals surface area contributed by atoms with Crippen molar-refractivity contribution in [1.29, 1.82) is 0 Å². The molecule has 2 aliphatic rings. The third-order valence-electron chi connectivity index (χ3n) is 6.02. The fraction of sp³-hybridized carbons (Fsp3) is 0.222. The number of ether oxygens (including phenoxy) is 3. The smallest absolute Gasteiger partial charge is 0.332 e. The normalized spacial score (nSPS) is 16.3. The molecule has 1 atom stereocenters. The molecule has 0 saturated carbocycles. The number of carbonyl (C=O) groups excluding carboxylic acids is 3. The van der Waals surface area contributed by atoms with Crippen molar-refractivity contribution < 1.29 is 28.6 Å². The minimum Gasteiger partial charge on any atom is -0.494 e. The van der Waals surface area contributed by atoms with Crippen LogP contribution in [0.4, 0.5) is 16.2 Å². The highest BCUT2D eigenvalue weighted by atomic mass is 35.5. The molecule has 37 heavy (non-hydrogen) atoms. The Morgan fingerprint density at radius 2 is 1.76 bits per heavy atom. The van der Waals surface area contributed by atoms with Crippen LogP contribution in [0.1, 0.15) is 18.9 Å². The quantitative estimate of drug-likeness (QED) is 0.426. The summed E-state index contributed by atoms with van der Waals surface area (Å²) < 4.78 is 16.2. The fourth-order valence-electron chi connectivity index (χ4n) is 4.27. The number of benzene rings is 3. The Hall–Kier alpha value is -4.24. The van der Waals surface area contributed by atoms with Gasteiger partial charge < -0.3 is 24.4 Å². The number of amides is 4.